The molecule has 0 saturated heterocycles. The van der Waals surface area contributed by atoms with Gasteiger partial charge in [0.1, 0.15) is 5.75 Å². The predicted molar refractivity (Wildman–Crippen MR) is 124 cm³/mol. The molecule has 4 aromatic rings. The molecule has 0 aromatic heterocycles. The summed E-state index contributed by atoms with van der Waals surface area (Å²) in [4.78, 5) is 0. The smallest absolute Gasteiger partial charge is 0.205 e. The molecule has 4 aromatic carbocycles. The second-order valence-electron chi connectivity index (χ2n) is 7.03. The van der Waals surface area contributed by atoms with E-state index in [0.717, 1.165) is 27.5 Å². The van der Waals surface area contributed by atoms with E-state index in [4.69, 9.17) is 4.74 Å². The summed E-state index contributed by atoms with van der Waals surface area (Å²) in [5.41, 5.74) is 2.07. The van der Waals surface area contributed by atoms with Gasteiger partial charge in [-0.1, -0.05) is 78.9 Å². The highest BCUT2D eigenvalue weighted by Crippen LogP contribution is 2.43. The minimum Gasteiger partial charge on any atom is -0.497 e. The Labute approximate surface area is 177 Å². The average molecular weight is 413 g/mol. The lowest BCUT2D eigenvalue weighted by Gasteiger charge is -2.28. The third-order valence-corrected chi connectivity index (χ3v) is 7.81. The molecule has 4 heteroatoms. The standard InChI is InChI=1S/C26H24NO2P/c1-29-23-19-17-22(18-20-23)26(21-11-5-2-6-12-21)27-30(28,24-13-7-3-8-14-24)25-15-9-4-10-16-25/h2-20,26H,1H3,(H,27,28). The summed E-state index contributed by atoms with van der Waals surface area (Å²) in [6.45, 7) is 0. The normalized spacial score (nSPS) is 12.3. The highest BCUT2D eigenvalue weighted by atomic mass is 31.2. The number of rotatable bonds is 7. The molecule has 4 rings (SSSR count). The van der Waals surface area contributed by atoms with Crippen LogP contribution in [0.2, 0.25) is 0 Å². The van der Waals surface area contributed by atoms with Crippen LogP contribution < -0.4 is 20.4 Å². The summed E-state index contributed by atoms with van der Waals surface area (Å²) < 4.78 is 19.9. The fourth-order valence-corrected chi connectivity index (χ4v) is 5.98. The van der Waals surface area contributed by atoms with Gasteiger partial charge in [-0.2, -0.15) is 0 Å². The lowest BCUT2D eigenvalue weighted by Crippen LogP contribution is -2.31. The maximum absolute atomic E-state index is 14.6. The van der Waals surface area contributed by atoms with Crippen LogP contribution in [0.4, 0.5) is 0 Å². The van der Waals surface area contributed by atoms with E-state index >= 15 is 0 Å². The Kier molecular flexibility index (Phi) is 6.13. The Balaban J connectivity index is 1.84. The van der Waals surface area contributed by atoms with Gasteiger partial charge < -0.3 is 4.74 Å². The quantitative estimate of drug-likeness (QED) is 0.418. The van der Waals surface area contributed by atoms with Crippen molar-refractivity contribution < 1.29 is 9.30 Å². The predicted octanol–water partition coefficient (Wildman–Crippen LogP) is 5.30. The van der Waals surface area contributed by atoms with Crippen LogP contribution in [-0.4, -0.2) is 7.11 Å². The Morgan fingerprint density at radius 3 is 1.53 bits per heavy atom. The molecule has 1 N–H and O–H groups in total. The van der Waals surface area contributed by atoms with E-state index in [1.165, 1.54) is 0 Å². The lowest BCUT2D eigenvalue weighted by molar-refractivity contribution is 0.414. The first-order chi connectivity index (χ1) is 14.7. The summed E-state index contributed by atoms with van der Waals surface area (Å²) in [5.74, 6) is 0.792. The molecule has 150 valence electrons. The van der Waals surface area contributed by atoms with E-state index < -0.39 is 7.29 Å². The zero-order chi connectivity index (χ0) is 20.8. The van der Waals surface area contributed by atoms with Crippen molar-refractivity contribution in [3.63, 3.8) is 0 Å². The van der Waals surface area contributed by atoms with Crippen LogP contribution in [-0.2, 0) is 4.57 Å². The van der Waals surface area contributed by atoms with Crippen molar-refractivity contribution in [1.29, 1.82) is 0 Å². The molecule has 0 heterocycles. The number of ether oxygens (including phenoxy) is 1. The van der Waals surface area contributed by atoms with Crippen LogP contribution in [0.1, 0.15) is 17.2 Å². The van der Waals surface area contributed by atoms with Gasteiger partial charge in [0.15, 0.2) is 0 Å². The fourth-order valence-electron chi connectivity index (χ4n) is 3.54. The minimum absolute atomic E-state index is 0.247. The first kappa shape index (κ1) is 20.2. The highest BCUT2D eigenvalue weighted by molar-refractivity contribution is 7.76. The third kappa shape index (κ3) is 4.23. The Morgan fingerprint density at radius 1 is 0.633 bits per heavy atom. The molecular formula is C26H24NO2P. The van der Waals surface area contributed by atoms with Crippen LogP contribution >= 0.6 is 7.29 Å². The number of hydrogen-bond acceptors (Lipinski definition) is 2. The van der Waals surface area contributed by atoms with Crippen molar-refractivity contribution in [3.05, 3.63) is 126 Å². The number of benzene rings is 4. The van der Waals surface area contributed by atoms with E-state index in [9.17, 15) is 4.57 Å². The van der Waals surface area contributed by atoms with Gasteiger partial charge in [-0.3, -0.25) is 4.57 Å². The first-order valence-electron chi connectivity index (χ1n) is 9.89. The lowest BCUT2D eigenvalue weighted by atomic mass is 10.00. The van der Waals surface area contributed by atoms with Crippen LogP contribution in [0, 0.1) is 0 Å². The Morgan fingerprint density at radius 2 is 1.07 bits per heavy atom. The van der Waals surface area contributed by atoms with Crippen LogP contribution in [0.5, 0.6) is 5.75 Å². The van der Waals surface area contributed by atoms with Gasteiger partial charge in [-0.05, 0) is 47.5 Å². The summed E-state index contributed by atoms with van der Waals surface area (Å²) in [7, 11) is -1.46. The Hall–Kier alpha value is -3.13. The molecule has 30 heavy (non-hydrogen) atoms. The molecule has 0 amide bonds. The molecular weight excluding hydrogens is 389 g/mol. The number of nitrogens with one attached hydrogen (secondary N) is 1. The highest BCUT2D eigenvalue weighted by Gasteiger charge is 2.31. The largest absolute Gasteiger partial charge is 0.497 e. The van der Waals surface area contributed by atoms with Gasteiger partial charge in [0.25, 0.3) is 0 Å². The Bertz CT molecular complexity index is 1070. The van der Waals surface area contributed by atoms with Crippen molar-refractivity contribution >= 4 is 17.9 Å². The zero-order valence-corrected chi connectivity index (χ0v) is 17.7. The second-order valence-corrected chi connectivity index (χ2v) is 9.54. The zero-order valence-electron chi connectivity index (χ0n) is 16.8. The van der Waals surface area contributed by atoms with E-state index in [1.807, 2.05) is 103 Å². The molecule has 0 aliphatic rings. The van der Waals surface area contributed by atoms with Crippen LogP contribution in [0.3, 0.4) is 0 Å². The molecule has 0 saturated carbocycles. The van der Waals surface area contributed by atoms with Crippen molar-refractivity contribution in [2.75, 3.05) is 7.11 Å². The number of hydrogen-bond donors (Lipinski definition) is 1. The third-order valence-electron chi connectivity index (χ3n) is 5.13. The van der Waals surface area contributed by atoms with Crippen molar-refractivity contribution in [2.45, 2.75) is 6.04 Å². The number of methoxy groups -OCH3 is 1. The molecule has 0 aliphatic carbocycles. The molecule has 1 atom stereocenters. The topological polar surface area (TPSA) is 38.3 Å². The fraction of sp³-hybridized carbons (Fsp3) is 0.0769. The van der Waals surface area contributed by atoms with Crippen LogP contribution in [0.25, 0.3) is 0 Å². The van der Waals surface area contributed by atoms with Crippen molar-refractivity contribution in [3.8, 4) is 5.75 Å². The summed E-state index contributed by atoms with van der Waals surface area (Å²) in [6.07, 6.45) is 0. The maximum atomic E-state index is 14.6. The molecule has 3 nitrogen and oxygen atoms in total. The molecule has 0 aliphatic heterocycles. The molecule has 0 spiro atoms. The van der Waals surface area contributed by atoms with Gasteiger partial charge in [-0.15, -0.1) is 0 Å². The molecule has 0 bridgehead atoms. The van der Waals surface area contributed by atoms with Gasteiger partial charge in [0.05, 0.1) is 13.2 Å². The minimum atomic E-state index is -3.11. The van der Waals surface area contributed by atoms with Crippen LogP contribution in [0.15, 0.2) is 115 Å². The second kappa shape index (κ2) is 9.13. The molecule has 0 fully saturated rings. The van der Waals surface area contributed by atoms with Gasteiger partial charge in [-0.25, -0.2) is 5.09 Å². The van der Waals surface area contributed by atoms with E-state index in [1.54, 1.807) is 7.11 Å². The van der Waals surface area contributed by atoms with Crippen molar-refractivity contribution in [2.24, 2.45) is 0 Å². The molecule has 1 unspecified atom stereocenters. The SMILES string of the molecule is COc1ccc(C(NP(=O)(c2ccccc2)c2ccccc2)c2ccccc2)cc1. The molecule has 0 radical (unpaired) electrons. The van der Waals surface area contributed by atoms with E-state index in [-0.39, 0.29) is 6.04 Å². The maximum Gasteiger partial charge on any atom is 0.205 e. The van der Waals surface area contributed by atoms with Gasteiger partial charge >= 0.3 is 0 Å². The van der Waals surface area contributed by atoms with Gasteiger partial charge in [0.2, 0.25) is 7.29 Å². The van der Waals surface area contributed by atoms with Gasteiger partial charge in [0, 0.05) is 10.6 Å². The first-order valence-corrected chi connectivity index (χ1v) is 11.6. The van der Waals surface area contributed by atoms with E-state index in [2.05, 4.69) is 17.2 Å². The average Bonchev–Trinajstić information content (AvgIpc) is 2.84. The summed E-state index contributed by atoms with van der Waals surface area (Å²) >= 11 is 0. The summed E-state index contributed by atoms with van der Waals surface area (Å²) in [6, 6.07) is 37.1. The van der Waals surface area contributed by atoms with Crippen molar-refractivity contribution in [1.82, 2.24) is 5.09 Å². The monoisotopic (exact) mass is 413 g/mol. The van der Waals surface area contributed by atoms with E-state index in [0.29, 0.717) is 0 Å². The summed E-state index contributed by atoms with van der Waals surface area (Å²) in [5, 5.41) is 5.11.